The molecule has 0 N–H and O–H groups in total. The molecule has 6 aromatic rings. The normalized spacial score (nSPS) is 33.3. The van der Waals surface area contributed by atoms with Gasteiger partial charge >= 0.3 is 39.1 Å². The van der Waals surface area contributed by atoms with E-state index in [1.165, 1.54) is 42.4 Å². The smallest absolute Gasteiger partial charge is 0.367 e. The van der Waals surface area contributed by atoms with Crippen LogP contribution in [0, 0.1) is 41.4 Å². The van der Waals surface area contributed by atoms with E-state index in [4.69, 9.17) is 72.6 Å². The third kappa shape index (κ3) is 17.7. The highest BCUT2D eigenvalue weighted by molar-refractivity contribution is 7.49. The molecule has 0 amide bonds. The number of fused-ring (bicyclic) bond motifs is 15. The Balaban J connectivity index is 0.000000127. The largest absolute Gasteiger partial charge is 0.475 e. The number of hydrogen-bond donors (Lipinski definition) is 0. The van der Waals surface area contributed by atoms with E-state index in [1.807, 2.05) is 125 Å². The summed E-state index contributed by atoms with van der Waals surface area (Å²) in [4.78, 5) is 38.9. The van der Waals surface area contributed by atoms with Gasteiger partial charge in [-0.1, -0.05) is 224 Å². The Labute approximate surface area is 626 Å². The molecule has 6 aromatic carbocycles. The highest BCUT2D eigenvalue weighted by atomic mass is 31.2. The van der Waals surface area contributed by atoms with Gasteiger partial charge in [0.15, 0.2) is 17.3 Å². The fourth-order valence-corrected chi connectivity index (χ4v) is 22.0. The predicted octanol–water partition coefficient (Wildman–Crippen LogP) is 18.7. The van der Waals surface area contributed by atoms with Crippen LogP contribution in [-0.4, -0.2) is 127 Å². The summed E-state index contributed by atoms with van der Waals surface area (Å²) in [7, 11) is -16.8. The Kier molecular flexibility index (Phi) is 25.0. The van der Waals surface area contributed by atoms with E-state index in [0.29, 0.717) is 49.0 Å². The van der Waals surface area contributed by atoms with Gasteiger partial charge in [-0.2, -0.15) is 0 Å². The lowest BCUT2D eigenvalue weighted by molar-refractivity contribution is -0.240. The highest BCUT2D eigenvalue weighted by Gasteiger charge is 2.62. The number of carbonyl (C=O) groups is 3. The van der Waals surface area contributed by atoms with Crippen LogP contribution < -0.4 is 0 Å². The number of hydrogen-bond acceptors (Lipinski definition) is 24. The molecule has 0 saturated carbocycles. The van der Waals surface area contributed by atoms with Gasteiger partial charge in [0.05, 0.1) is 85.4 Å². The summed E-state index contributed by atoms with van der Waals surface area (Å²) in [5, 5.41) is 0. The van der Waals surface area contributed by atoms with Crippen molar-refractivity contribution in [3.8, 4) is 22.3 Å². The van der Waals surface area contributed by atoms with Crippen LogP contribution >= 0.6 is 39.1 Å². The molecule has 15 saturated heterocycles. The van der Waals surface area contributed by atoms with Crippen molar-refractivity contribution < 1.29 is 110 Å². The summed E-state index contributed by atoms with van der Waals surface area (Å²) < 4.78 is 143. The lowest BCUT2D eigenvalue weighted by atomic mass is 9.76. The van der Waals surface area contributed by atoms with Gasteiger partial charge in [0.1, 0.15) is 34.1 Å². The SMILES string of the molecule is CC(C)(c1ccccc1)c1cccc(C(=O)C23COP(=O)(OC2)OC3)c1.CCC12COP(=O)(OC1)OC2C(C)C.CCCCCCCOC12COP(=O)(OC1C)OC2C.Cc1cccc(-c2ccc(C(=O)C34COP(=O)(OC3)OC4)cc2)c1.Cc1cccc(-c2ccc(C(=O)C34COP(=O)(OC3)OC4)cc2)c1. The molecule has 107 heavy (non-hydrogen) atoms. The molecule has 3 unspecified atom stereocenters. The summed E-state index contributed by atoms with van der Waals surface area (Å²) in [5.74, 6) is 0.0266. The molecule has 0 aromatic heterocycles. The van der Waals surface area contributed by atoms with E-state index < -0.39 is 61.0 Å². The highest BCUT2D eigenvalue weighted by Crippen LogP contribution is 2.66. The van der Waals surface area contributed by atoms with Gasteiger partial charge in [-0.25, -0.2) is 22.8 Å². The first-order valence-corrected chi connectivity index (χ1v) is 43.8. The number of benzene rings is 6. The molecule has 0 radical (unpaired) electrons. The van der Waals surface area contributed by atoms with Gasteiger partial charge in [0, 0.05) is 34.1 Å². The molecule has 0 aliphatic carbocycles. The molecule has 21 rings (SSSR count). The third-order valence-corrected chi connectivity index (χ3v) is 28.4. The Bertz CT molecular complexity index is 4170. The zero-order valence-corrected chi connectivity index (χ0v) is 66.7. The van der Waals surface area contributed by atoms with Gasteiger partial charge in [0.2, 0.25) is 0 Å². The molecular formula is C78H97O24P5. The first-order chi connectivity index (χ1) is 50.9. The van der Waals surface area contributed by atoms with Gasteiger partial charge < -0.3 is 4.74 Å². The number of ketones is 3. The molecule has 29 heteroatoms. The van der Waals surface area contributed by atoms with Crippen LogP contribution in [0.25, 0.3) is 22.3 Å². The van der Waals surface area contributed by atoms with Crippen LogP contribution in [0.1, 0.15) is 147 Å². The maximum Gasteiger partial charge on any atom is 0.475 e. The number of ether oxygens (including phenoxy) is 1. The topological polar surface area (TPSA) is 284 Å². The van der Waals surface area contributed by atoms with Gasteiger partial charge in [-0.15, -0.1) is 0 Å². The van der Waals surface area contributed by atoms with E-state index in [-0.39, 0.29) is 106 Å². The third-order valence-electron chi connectivity index (χ3n) is 21.5. The average molecular weight is 1570 g/mol. The molecule has 24 nitrogen and oxygen atoms in total. The molecule has 15 heterocycles. The van der Waals surface area contributed by atoms with Crippen molar-refractivity contribution >= 4 is 56.5 Å². The van der Waals surface area contributed by atoms with Crippen molar-refractivity contribution in [2.45, 2.75) is 137 Å². The summed E-state index contributed by atoms with van der Waals surface area (Å²) in [6, 6.07) is 49.2. The first-order valence-electron chi connectivity index (χ1n) is 36.5. The molecule has 15 aliphatic heterocycles. The lowest BCUT2D eigenvalue weighted by Crippen LogP contribution is -2.62. The van der Waals surface area contributed by atoms with Crippen molar-refractivity contribution in [3.05, 3.63) is 191 Å². The van der Waals surface area contributed by atoms with E-state index in [0.717, 1.165) is 40.7 Å². The van der Waals surface area contributed by atoms with Gasteiger partial charge in [-0.3, -0.25) is 82.2 Å². The molecule has 578 valence electrons. The van der Waals surface area contributed by atoms with E-state index in [2.05, 4.69) is 65.8 Å². The zero-order valence-electron chi connectivity index (χ0n) is 62.2. The van der Waals surface area contributed by atoms with Gasteiger partial charge in [-0.05, 0) is 85.9 Å². The van der Waals surface area contributed by atoms with Crippen LogP contribution in [0.3, 0.4) is 0 Å². The Morgan fingerprint density at radius 3 is 1.21 bits per heavy atom. The Morgan fingerprint density at radius 1 is 0.421 bits per heavy atom. The van der Waals surface area contributed by atoms with E-state index in [9.17, 15) is 37.2 Å². The second-order valence-corrected chi connectivity index (χ2v) is 38.2. The van der Waals surface area contributed by atoms with Crippen LogP contribution in [0.15, 0.2) is 152 Å². The Hall–Kier alpha value is -5.16. The maximum atomic E-state index is 13.2. The van der Waals surface area contributed by atoms with E-state index in [1.54, 1.807) is 30.3 Å². The standard InChI is InChI=1S/C20H21O5P.2C18H17O5P.C13H25O5P.C9H17O4P/c1-19(2,16-8-4-3-5-9-16)17-10-6-7-15(11-17)18(21)20-12-23-26(22,24-13-20)25-14-20;2*1-13-3-2-4-16(9-13)14-5-7-15(8-6-14)17(19)18-10-21-24(20,22-11-18)23-12-18;1-4-5-6-7-8-9-15-13-10-16-19(14,17-11(13)2)18-12(13)3;1-4-9-5-11-14(10,12-6-9)13-8(9)7(2)3/h3-11H,12-14H2,1-2H3;2*2-9H,10-12H2,1H3;11-12H,4-10H2,1-3H3;7-8H,4-6H2,1-3H3. The number of phosphoric acid groups is 5. The number of Topliss-reactive ketones (excluding diaryl/α,β-unsaturated/α-hetero) is 3. The maximum absolute atomic E-state index is 13.2. The summed E-state index contributed by atoms with van der Waals surface area (Å²) in [5.41, 5.74) is 6.94. The number of phosphoric ester groups is 5. The quantitative estimate of drug-likeness (QED) is 0.0413. The van der Waals surface area contributed by atoms with Crippen LogP contribution in [0.5, 0.6) is 0 Å². The lowest BCUT2D eigenvalue weighted by Gasteiger charge is -2.51. The fourth-order valence-electron chi connectivity index (χ4n) is 14.2. The molecule has 3 atom stereocenters. The van der Waals surface area contributed by atoms with Crippen molar-refractivity contribution in [2.75, 3.05) is 85.9 Å². The Morgan fingerprint density at radius 2 is 0.813 bits per heavy atom. The number of carbonyl (C=O) groups excluding carboxylic acids is 3. The number of unbranched alkanes of at least 4 members (excludes halogenated alkanes) is 4. The van der Waals surface area contributed by atoms with E-state index >= 15 is 0 Å². The minimum atomic E-state index is -3.43. The predicted molar refractivity (Wildman–Crippen MR) is 399 cm³/mol. The van der Waals surface area contributed by atoms with Crippen LogP contribution in [-0.2, 0) is 101 Å². The first kappa shape index (κ1) is 81.3. The molecule has 10 bridgehead atoms. The summed E-state index contributed by atoms with van der Waals surface area (Å²) in [6.45, 7) is 23.2. The van der Waals surface area contributed by atoms with Gasteiger partial charge in [0.25, 0.3) is 0 Å². The average Bonchev–Trinajstić information content (AvgIpc) is 0.758. The molecule has 15 aliphatic rings. The zero-order chi connectivity index (χ0) is 76.3. The van der Waals surface area contributed by atoms with Crippen LogP contribution in [0.4, 0.5) is 0 Å². The molecule has 15 fully saturated rings. The van der Waals surface area contributed by atoms with Crippen molar-refractivity contribution in [1.82, 2.24) is 0 Å². The molecular weight excluding hydrogens is 1480 g/mol. The van der Waals surface area contributed by atoms with Crippen molar-refractivity contribution in [2.24, 2.45) is 27.6 Å². The minimum Gasteiger partial charge on any atom is -0.367 e. The van der Waals surface area contributed by atoms with Crippen molar-refractivity contribution in [1.29, 1.82) is 0 Å². The summed E-state index contributed by atoms with van der Waals surface area (Å²) in [6.07, 6.45) is 6.37. The summed E-state index contributed by atoms with van der Waals surface area (Å²) >= 11 is 0. The van der Waals surface area contributed by atoms with Crippen molar-refractivity contribution in [3.63, 3.8) is 0 Å². The van der Waals surface area contributed by atoms with Crippen LogP contribution in [0.2, 0.25) is 0 Å². The minimum absolute atomic E-state index is 0.000772. The number of aryl methyl sites for hydroxylation is 2. The second-order valence-electron chi connectivity index (χ2n) is 30.0. The molecule has 0 spiro atoms. The second kappa shape index (κ2) is 32.9. The number of rotatable bonds is 19. The fraction of sp³-hybridized carbons (Fsp3) is 0.500. The monoisotopic (exact) mass is 1570 g/mol.